The number of aromatic hydroxyl groups is 1. The van der Waals surface area contributed by atoms with Crippen molar-refractivity contribution in [1.29, 1.82) is 5.26 Å². The number of phenolic OH excluding ortho intramolecular Hbond substituents is 1. The fourth-order valence-corrected chi connectivity index (χ4v) is 3.65. The number of phenols is 1. The highest BCUT2D eigenvalue weighted by molar-refractivity contribution is 6.06. The summed E-state index contributed by atoms with van der Waals surface area (Å²) in [5, 5.41) is 19.8. The molecule has 8 heteroatoms. The van der Waals surface area contributed by atoms with Gasteiger partial charge in [0.15, 0.2) is 0 Å². The van der Waals surface area contributed by atoms with Crippen LogP contribution in [-0.4, -0.2) is 31.3 Å². The second-order valence-electron chi connectivity index (χ2n) is 6.81. The first-order chi connectivity index (χ1) is 14.8. The predicted molar refractivity (Wildman–Crippen MR) is 112 cm³/mol. The molecular formula is C23H21N3O5. The number of ether oxygens (including phenoxy) is 2. The van der Waals surface area contributed by atoms with E-state index >= 15 is 0 Å². The van der Waals surface area contributed by atoms with Gasteiger partial charge in [-0.2, -0.15) is 5.26 Å². The topological polar surface area (TPSA) is 126 Å². The van der Waals surface area contributed by atoms with Crippen LogP contribution in [0.3, 0.4) is 0 Å². The molecule has 0 amide bonds. The van der Waals surface area contributed by atoms with Crippen LogP contribution < -0.4 is 10.6 Å². The second kappa shape index (κ2) is 8.63. The zero-order valence-electron chi connectivity index (χ0n) is 17.2. The summed E-state index contributed by atoms with van der Waals surface area (Å²) in [4.78, 5) is 27.2. The lowest BCUT2D eigenvalue weighted by atomic mass is 9.81. The van der Waals surface area contributed by atoms with Gasteiger partial charge in [-0.05, 0) is 36.2 Å². The summed E-state index contributed by atoms with van der Waals surface area (Å²) in [6, 6.07) is 15.3. The zero-order valence-corrected chi connectivity index (χ0v) is 17.2. The van der Waals surface area contributed by atoms with Gasteiger partial charge in [-0.15, -0.1) is 0 Å². The number of nitrogens with zero attached hydrogens (tertiary/aromatic N) is 2. The molecule has 3 rings (SSSR count). The van der Waals surface area contributed by atoms with Crippen LogP contribution in [-0.2, 0) is 19.1 Å². The first kappa shape index (κ1) is 21.5. The lowest BCUT2D eigenvalue weighted by Gasteiger charge is -2.36. The number of carbonyl (C=O) groups is 2. The Labute approximate surface area is 179 Å². The van der Waals surface area contributed by atoms with Crippen LogP contribution in [0.25, 0.3) is 0 Å². The minimum Gasteiger partial charge on any atom is -0.508 e. The third-order valence-corrected chi connectivity index (χ3v) is 5.03. The molecule has 1 aliphatic heterocycles. The Morgan fingerprint density at radius 2 is 1.74 bits per heavy atom. The summed E-state index contributed by atoms with van der Waals surface area (Å²) in [5.41, 5.74) is 7.81. The summed E-state index contributed by atoms with van der Waals surface area (Å²) < 4.78 is 9.96. The van der Waals surface area contributed by atoms with Crippen LogP contribution >= 0.6 is 0 Å². The van der Waals surface area contributed by atoms with E-state index in [9.17, 15) is 20.0 Å². The van der Waals surface area contributed by atoms with Crippen molar-refractivity contribution in [2.45, 2.75) is 12.8 Å². The van der Waals surface area contributed by atoms with Gasteiger partial charge in [0.05, 0.1) is 43.0 Å². The number of benzene rings is 2. The van der Waals surface area contributed by atoms with Gasteiger partial charge in [0.25, 0.3) is 0 Å². The van der Waals surface area contributed by atoms with Crippen LogP contribution in [0.4, 0.5) is 5.69 Å². The Hall–Kier alpha value is -4.25. The standard InChI is InChI=1S/C23H21N3O5/c1-13-11-15(27)9-10-17(13)26-20(23(29)31-3)19(22(28)30-2)18(16(12-24)21(26)25)14-7-5-4-6-8-14/h4-11,18,27H,25H2,1-3H3. The van der Waals surface area contributed by atoms with E-state index in [1.165, 1.54) is 37.3 Å². The van der Waals surface area contributed by atoms with Gasteiger partial charge < -0.3 is 20.3 Å². The first-order valence-corrected chi connectivity index (χ1v) is 9.30. The molecule has 158 valence electrons. The summed E-state index contributed by atoms with van der Waals surface area (Å²) in [6.45, 7) is 1.70. The molecule has 1 heterocycles. The van der Waals surface area contributed by atoms with E-state index in [2.05, 4.69) is 6.07 Å². The molecule has 3 N–H and O–H groups in total. The second-order valence-corrected chi connectivity index (χ2v) is 6.81. The van der Waals surface area contributed by atoms with Crippen molar-refractivity contribution in [3.63, 3.8) is 0 Å². The van der Waals surface area contributed by atoms with E-state index in [0.717, 1.165) is 0 Å². The number of carbonyl (C=O) groups excluding carboxylic acids is 2. The van der Waals surface area contributed by atoms with Crippen molar-refractivity contribution in [2.24, 2.45) is 5.73 Å². The van der Waals surface area contributed by atoms with Gasteiger partial charge in [0.2, 0.25) is 0 Å². The van der Waals surface area contributed by atoms with Crippen LogP contribution in [0.15, 0.2) is 71.2 Å². The van der Waals surface area contributed by atoms with Gasteiger partial charge in [-0.25, -0.2) is 9.59 Å². The molecule has 2 aromatic carbocycles. The minimum absolute atomic E-state index is 0.0141. The quantitative estimate of drug-likeness (QED) is 0.724. The molecule has 0 saturated carbocycles. The number of methoxy groups -OCH3 is 2. The maximum atomic E-state index is 12.9. The molecule has 2 aromatic rings. The van der Waals surface area contributed by atoms with Gasteiger partial charge in [0, 0.05) is 0 Å². The Bertz CT molecular complexity index is 1150. The van der Waals surface area contributed by atoms with Crippen molar-refractivity contribution >= 4 is 17.6 Å². The molecule has 31 heavy (non-hydrogen) atoms. The number of aryl methyl sites for hydroxylation is 1. The fraction of sp³-hybridized carbons (Fsp3) is 0.174. The molecule has 0 aliphatic carbocycles. The number of hydrogen-bond donors (Lipinski definition) is 2. The first-order valence-electron chi connectivity index (χ1n) is 9.30. The number of rotatable bonds is 4. The summed E-state index contributed by atoms with van der Waals surface area (Å²) in [7, 11) is 2.37. The van der Waals surface area contributed by atoms with E-state index in [1.54, 1.807) is 37.3 Å². The highest BCUT2D eigenvalue weighted by Crippen LogP contribution is 2.44. The SMILES string of the molecule is COC(=O)C1=C(C(=O)OC)N(c2ccc(O)cc2C)C(N)=C(C#N)C1c1ccccc1. The molecule has 8 nitrogen and oxygen atoms in total. The van der Waals surface area contributed by atoms with Crippen LogP contribution in [0, 0.1) is 18.3 Å². The van der Waals surface area contributed by atoms with Crippen molar-refractivity contribution in [3.05, 3.63) is 82.3 Å². The lowest BCUT2D eigenvalue weighted by molar-refractivity contribution is -0.139. The van der Waals surface area contributed by atoms with Crippen LogP contribution in [0.2, 0.25) is 0 Å². The van der Waals surface area contributed by atoms with Crippen LogP contribution in [0.5, 0.6) is 5.75 Å². The molecule has 0 spiro atoms. The number of esters is 2. The van der Waals surface area contributed by atoms with Crippen molar-refractivity contribution < 1.29 is 24.2 Å². The highest BCUT2D eigenvalue weighted by Gasteiger charge is 2.43. The smallest absolute Gasteiger partial charge is 0.355 e. The summed E-state index contributed by atoms with van der Waals surface area (Å²) in [5.74, 6) is -2.57. The van der Waals surface area contributed by atoms with Gasteiger partial charge in [0.1, 0.15) is 17.3 Å². The maximum absolute atomic E-state index is 12.9. The monoisotopic (exact) mass is 419 g/mol. The average molecular weight is 419 g/mol. The molecule has 1 atom stereocenters. The zero-order chi connectivity index (χ0) is 22.7. The van der Waals surface area contributed by atoms with Crippen molar-refractivity contribution in [3.8, 4) is 11.8 Å². The van der Waals surface area contributed by atoms with Gasteiger partial charge in [-0.3, -0.25) is 4.90 Å². The van der Waals surface area contributed by atoms with Crippen LogP contribution in [0.1, 0.15) is 17.0 Å². The highest BCUT2D eigenvalue weighted by atomic mass is 16.5. The number of nitriles is 1. The predicted octanol–water partition coefficient (Wildman–Crippen LogP) is 2.60. The normalized spacial score (nSPS) is 16.1. The maximum Gasteiger partial charge on any atom is 0.355 e. The van der Waals surface area contributed by atoms with E-state index in [1.807, 2.05) is 0 Å². The number of nitrogens with two attached hydrogens (primary N) is 1. The summed E-state index contributed by atoms with van der Waals surface area (Å²) in [6.07, 6.45) is 0. The van der Waals surface area contributed by atoms with E-state index in [0.29, 0.717) is 16.8 Å². The third-order valence-electron chi connectivity index (χ3n) is 5.03. The number of allylic oxidation sites excluding steroid dienone is 1. The van der Waals surface area contributed by atoms with Gasteiger partial charge in [-0.1, -0.05) is 30.3 Å². The lowest BCUT2D eigenvalue weighted by Crippen LogP contribution is -2.41. The Balaban J connectivity index is 2.43. The molecular weight excluding hydrogens is 398 g/mol. The Morgan fingerprint density at radius 1 is 1.10 bits per heavy atom. The average Bonchev–Trinajstić information content (AvgIpc) is 2.78. The molecule has 1 aliphatic rings. The molecule has 0 bridgehead atoms. The Kier molecular flexibility index (Phi) is 5.97. The van der Waals surface area contributed by atoms with Crippen molar-refractivity contribution in [2.75, 3.05) is 19.1 Å². The molecule has 0 saturated heterocycles. The number of anilines is 1. The number of hydrogen-bond acceptors (Lipinski definition) is 8. The summed E-state index contributed by atoms with van der Waals surface area (Å²) >= 11 is 0. The fourth-order valence-electron chi connectivity index (χ4n) is 3.65. The van der Waals surface area contributed by atoms with E-state index in [4.69, 9.17) is 15.2 Å². The Morgan fingerprint density at radius 3 is 2.29 bits per heavy atom. The van der Waals surface area contributed by atoms with E-state index in [-0.39, 0.29) is 28.4 Å². The third kappa shape index (κ3) is 3.69. The molecule has 0 aromatic heterocycles. The largest absolute Gasteiger partial charge is 0.508 e. The minimum atomic E-state index is -0.929. The molecule has 0 fully saturated rings. The molecule has 1 unspecified atom stereocenters. The van der Waals surface area contributed by atoms with Gasteiger partial charge >= 0.3 is 11.9 Å². The molecule has 0 radical (unpaired) electrons. The van der Waals surface area contributed by atoms with Crippen molar-refractivity contribution in [1.82, 2.24) is 0 Å². The van der Waals surface area contributed by atoms with E-state index < -0.39 is 17.9 Å².